The molecule has 1 fully saturated rings. The molecule has 1 aromatic carbocycles. The zero-order chi connectivity index (χ0) is 17.7. The first kappa shape index (κ1) is 16.6. The Labute approximate surface area is 138 Å². The molecule has 0 bridgehead atoms. The van der Waals surface area contributed by atoms with E-state index in [0.29, 0.717) is 24.0 Å². The van der Waals surface area contributed by atoms with Crippen LogP contribution in [0.1, 0.15) is 40.5 Å². The lowest BCUT2D eigenvalue weighted by Crippen LogP contribution is -2.61. The van der Waals surface area contributed by atoms with Crippen molar-refractivity contribution in [3.63, 3.8) is 0 Å². The summed E-state index contributed by atoms with van der Waals surface area (Å²) in [6.45, 7) is 7.91. The fourth-order valence-corrected chi connectivity index (χ4v) is 3.71. The van der Waals surface area contributed by atoms with E-state index in [0.717, 1.165) is 0 Å². The normalized spacial score (nSPS) is 21.0. The van der Waals surface area contributed by atoms with Crippen molar-refractivity contribution in [2.24, 2.45) is 0 Å². The average molecular weight is 335 g/mol. The van der Waals surface area contributed by atoms with Gasteiger partial charge in [0.05, 0.1) is 10.6 Å². The predicted octanol–water partition coefficient (Wildman–Crippen LogP) is 2.95. The lowest BCUT2D eigenvalue weighted by atomic mass is 9.79. The van der Waals surface area contributed by atoms with Gasteiger partial charge in [0.1, 0.15) is 0 Å². The second-order valence-electron chi connectivity index (χ2n) is 7.54. The third-order valence-electron chi connectivity index (χ3n) is 4.59. The van der Waals surface area contributed by atoms with Gasteiger partial charge in [0.15, 0.2) is 5.52 Å². The van der Waals surface area contributed by atoms with Gasteiger partial charge in [0, 0.05) is 23.2 Å². The molecule has 2 heterocycles. The van der Waals surface area contributed by atoms with Crippen molar-refractivity contribution >= 4 is 22.4 Å². The van der Waals surface area contributed by atoms with Gasteiger partial charge in [-0.05, 0) is 56.9 Å². The highest BCUT2D eigenvalue weighted by Crippen LogP contribution is 2.39. The number of piperidine rings is 1. The maximum atomic E-state index is 11.1. The van der Waals surface area contributed by atoms with Gasteiger partial charge in [-0.3, -0.25) is 10.1 Å². The monoisotopic (exact) mass is 335 g/mol. The Bertz CT molecular complexity index is 767. The number of non-ortho nitro benzene ring substituents is 1. The number of anilines is 1. The number of hydrogen-bond donors (Lipinski definition) is 2. The summed E-state index contributed by atoms with van der Waals surface area (Å²) in [5, 5.41) is 33.7. The molecule has 9 nitrogen and oxygen atoms in total. The molecule has 0 spiro atoms. The fraction of sp³-hybridized carbons (Fsp3) is 0.600. The van der Waals surface area contributed by atoms with Crippen LogP contribution < -0.4 is 5.32 Å². The first-order valence-corrected chi connectivity index (χ1v) is 7.77. The SMILES string of the molecule is CC1(C)CC(Nc2ccc([N+](=O)[O-])c3nonc23)CC(C)(C)N1O. The van der Waals surface area contributed by atoms with Crippen molar-refractivity contribution in [3.8, 4) is 0 Å². The minimum Gasteiger partial charge on any atom is -0.380 e. The van der Waals surface area contributed by atoms with E-state index in [1.54, 1.807) is 6.07 Å². The molecular weight excluding hydrogens is 314 g/mol. The van der Waals surface area contributed by atoms with Gasteiger partial charge in [-0.25, -0.2) is 4.63 Å². The Morgan fingerprint density at radius 1 is 1.25 bits per heavy atom. The predicted molar refractivity (Wildman–Crippen MR) is 86.9 cm³/mol. The number of nitrogens with zero attached hydrogens (tertiary/aromatic N) is 4. The highest BCUT2D eigenvalue weighted by atomic mass is 16.6. The van der Waals surface area contributed by atoms with Gasteiger partial charge >= 0.3 is 5.69 Å². The van der Waals surface area contributed by atoms with Gasteiger partial charge in [0.2, 0.25) is 5.52 Å². The summed E-state index contributed by atoms with van der Waals surface area (Å²) in [6.07, 6.45) is 1.41. The van der Waals surface area contributed by atoms with Crippen molar-refractivity contribution in [3.05, 3.63) is 22.2 Å². The zero-order valence-electron chi connectivity index (χ0n) is 14.1. The number of hydrogen-bond acceptors (Lipinski definition) is 8. The second kappa shape index (κ2) is 5.38. The summed E-state index contributed by atoms with van der Waals surface area (Å²) in [5.74, 6) is 0. The van der Waals surface area contributed by atoms with E-state index in [4.69, 9.17) is 4.63 Å². The van der Waals surface area contributed by atoms with Crippen molar-refractivity contribution in [2.75, 3.05) is 5.32 Å². The number of hydroxylamine groups is 2. The van der Waals surface area contributed by atoms with E-state index in [9.17, 15) is 15.3 Å². The molecule has 3 rings (SSSR count). The topological polar surface area (TPSA) is 118 Å². The van der Waals surface area contributed by atoms with Crippen LogP contribution in [0.2, 0.25) is 0 Å². The maximum absolute atomic E-state index is 11.1. The maximum Gasteiger partial charge on any atom is 0.300 e. The summed E-state index contributed by atoms with van der Waals surface area (Å²) in [4.78, 5) is 10.6. The molecule has 24 heavy (non-hydrogen) atoms. The second-order valence-corrected chi connectivity index (χ2v) is 7.54. The van der Waals surface area contributed by atoms with Crippen LogP contribution in [0, 0.1) is 10.1 Å². The minimum atomic E-state index is -0.507. The largest absolute Gasteiger partial charge is 0.380 e. The molecule has 0 radical (unpaired) electrons. The Kier molecular flexibility index (Phi) is 3.72. The van der Waals surface area contributed by atoms with E-state index in [1.807, 2.05) is 27.7 Å². The summed E-state index contributed by atoms with van der Waals surface area (Å²) >= 11 is 0. The first-order valence-electron chi connectivity index (χ1n) is 7.77. The van der Waals surface area contributed by atoms with Gasteiger partial charge < -0.3 is 10.5 Å². The van der Waals surface area contributed by atoms with E-state index in [1.165, 1.54) is 11.1 Å². The molecule has 1 saturated heterocycles. The number of aromatic nitrogens is 2. The Hall–Kier alpha value is -2.26. The molecule has 1 aromatic heterocycles. The van der Waals surface area contributed by atoms with E-state index in [2.05, 4.69) is 15.6 Å². The molecule has 1 aliphatic rings. The standard InChI is InChI=1S/C15H21N5O4/c1-14(2)7-9(8-15(3,4)20(14)23)16-10-5-6-11(19(21)22)13-12(10)17-24-18-13/h5-6,9,16,23H,7-8H2,1-4H3. The highest BCUT2D eigenvalue weighted by Gasteiger charge is 2.45. The highest BCUT2D eigenvalue weighted by molar-refractivity contribution is 5.93. The third-order valence-corrected chi connectivity index (χ3v) is 4.59. The Morgan fingerprint density at radius 3 is 2.42 bits per heavy atom. The smallest absolute Gasteiger partial charge is 0.300 e. The minimum absolute atomic E-state index is 0.0692. The summed E-state index contributed by atoms with van der Waals surface area (Å²) in [6, 6.07) is 3.09. The molecule has 2 aromatic rings. The molecule has 130 valence electrons. The van der Waals surface area contributed by atoms with Gasteiger partial charge in [-0.15, -0.1) is 0 Å². The van der Waals surface area contributed by atoms with Crippen molar-refractivity contribution in [1.29, 1.82) is 0 Å². The number of nitro groups is 1. The Morgan fingerprint density at radius 2 is 1.83 bits per heavy atom. The van der Waals surface area contributed by atoms with Crippen LogP contribution in [0.4, 0.5) is 11.4 Å². The summed E-state index contributed by atoms with van der Waals surface area (Å²) in [5.41, 5.74) is 0.166. The molecule has 0 amide bonds. The number of nitrogens with one attached hydrogen (secondary N) is 1. The van der Waals surface area contributed by atoms with Crippen LogP contribution in [0.25, 0.3) is 11.0 Å². The van der Waals surface area contributed by atoms with Crippen LogP contribution >= 0.6 is 0 Å². The fourth-order valence-electron chi connectivity index (χ4n) is 3.71. The lowest BCUT2D eigenvalue weighted by molar-refractivity contribution is -0.383. The van der Waals surface area contributed by atoms with Gasteiger partial charge in [-0.2, -0.15) is 5.06 Å². The van der Waals surface area contributed by atoms with Crippen LogP contribution in [-0.4, -0.2) is 42.6 Å². The summed E-state index contributed by atoms with van der Waals surface area (Å²) < 4.78 is 4.69. The van der Waals surface area contributed by atoms with Crippen molar-refractivity contribution in [1.82, 2.24) is 15.4 Å². The molecular formula is C15H21N5O4. The molecule has 2 N–H and O–H groups in total. The van der Waals surface area contributed by atoms with Crippen LogP contribution in [0.15, 0.2) is 16.8 Å². The number of benzene rings is 1. The number of rotatable bonds is 3. The van der Waals surface area contributed by atoms with Crippen LogP contribution in [0.3, 0.4) is 0 Å². The quantitative estimate of drug-likeness (QED) is 0.649. The van der Waals surface area contributed by atoms with Crippen molar-refractivity contribution in [2.45, 2.75) is 57.7 Å². The molecule has 0 saturated carbocycles. The number of fused-ring (bicyclic) bond motifs is 1. The number of nitro benzene ring substituents is 1. The first-order chi connectivity index (χ1) is 11.1. The van der Waals surface area contributed by atoms with E-state index in [-0.39, 0.29) is 17.2 Å². The average Bonchev–Trinajstić information content (AvgIpc) is 2.93. The third kappa shape index (κ3) is 2.69. The van der Waals surface area contributed by atoms with Gasteiger partial charge in [-0.1, -0.05) is 0 Å². The molecule has 1 aliphatic heterocycles. The molecule has 0 aliphatic carbocycles. The molecule has 0 atom stereocenters. The lowest BCUT2D eigenvalue weighted by Gasteiger charge is -2.51. The van der Waals surface area contributed by atoms with E-state index >= 15 is 0 Å². The van der Waals surface area contributed by atoms with Crippen LogP contribution in [-0.2, 0) is 0 Å². The van der Waals surface area contributed by atoms with Crippen LogP contribution in [0.5, 0.6) is 0 Å². The zero-order valence-corrected chi connectivity index (χ0v) is 14.1. The molecule has 9 heteroatoms. The van der Waals surface area contributed by atoms with Crippen molar-refractivity contribution < 1.29 is 14.8 Å². The Balaban J connectivity index is 1.92. The van der Waals surface area contributed by atoms with E-state index < -0.39 is 16.0 Å². The molecule has 0 unspecified atom stereocenters. The van der Waals surface area contributed by atoms with Gasteiger partial charge in [0.25, 0.3) is 0 Å². The summed E-state index contributed by atoms with van der Waals surface area (Å²) in [7, 11) is 0.